The number of hydrogen-bond donors (Lipinski definition) is 2. The number of rotatable bonds is 7. The highest BCUT2D eigenvalue weighted by Gasteiger charge is 2.42. The van der Waals surface area contributed by atoms with Crippen molar-refractivity contribution in [2.24, 2.45) is 11.8 Å². The van der Waals surface area contributed by atoms with Gasteiger partial charge in [-0.3, -0.25) is 9.59 Å². The van der Waals surface area contributed by atoms with Gasteiger partial charge in [0.15, 0.2) is 11.3 Å². The van der Waals surface area contributed by atoms with Crippen molar-refractivity contribution in [2.45, 2.75) is 75.2 Å². The Labute approximate surface area is 219 Å². The Kier molecular flexibility index (Phi) is 6.29. The number of aromatic nitrogens is 5. The minimum atomic E-state index is -2.97. The van der Waals surface area contributed by atoms with Gasteiger partial charge in [0, 0.05) is 31.1 Å². The Bertz CT molecular complexity index is 1390. The maximum Gasteiger partial charge on any atom is 0.276 e. The van der Waals surface area contributed by atoms with E-state index in [1.165, 1.54) is 10.7 Å². The number of nitrogens with one attached hydrogen (secondary N) is 2. The van der Waals surface area contributed by atoms with Gasteiger partial charge < -0.3 is 10.6 Å². The average Bonchev–Trinajstić information content (AvgIpc) is 3.45. The summed E-state index contributed by atoms with van der Waals surface area (Å²) >= 11 is 0. The quantitative estimate of drug-likeness (QED) is 0.431. The Morgan fingerprint density at radius 3 is 2.67 bits per heavy atom. The van der Waals surface area contributed by atoms with Crippen LogP contribution in [0.1, 0.15) is 84.3 Å². The molecule has 0 unspecified atom stereocenters. The van der Waals surface area contributed by atoms with E-state index in [0.29, 0.717) is 22.6 Å². The molecule has 1 aliphatic heterocycles. The van der Waals surface area contributed by atoms with Crippen molar-refractivity contribution < 1.29 is 31.8 Å². The molecule has 6 rings (SSSR count). The van der Waals surface area contributed by atoms with E-state index in [1.54, 1.807) is 12.3 Å². The Balaban J connectivity index is 1.26. The zero-order chi connectivity index (χ0) is 27.4. The smallest absolute Gasteiger partial charge is 0.276 e. The third kappa shape index (κ3) is 5.46. The van der Waals surface area contributed by atoms with Crippen LogP contribution in [0.5, 0.6) is 0 Å². The summed E-state index contributed by atoms with van der Waals surface area (Å²) in [7, 11) is 0. The van der Waals surface area contributed by atoms with Gasteiger partial charge in [0.1, 0.15) is 5.69 Å². The summed E-state index contributed by atoms with van der Waals surface area (Å²) in [4.78, 5) is 30.0. The summed E-state index contributed by atoms with van der Waals surface area (Å²) in [6.07, 6.45) is 4.14. The first-order valence-corrected chi connectivity index (χ1v) is 13.1. The summed E-state index contributed by atoms with van der Waals surface area (Å²) in [5.41, 5.74) is 1.93. The van der Waals surface area contributed by atoms with E-state index in [1.807, 2.05) is 0 Å². The molecule has 0 spiro atoms. The van der Waals surface area contributed by atoms with Crippen molar-refractivity contribution in [2.75, 3.05) is 6.54 Å². The van der Waals surface area contributed by atoms with E-state index in [9.17, 15) is 27.2 Å². The second-order valence-corrected chi connectivity index (χ2v) is 10.9. The van der Waals surface area contributed by atoms with Crippen LogP contribution in [0.2, 0.25) is 0 Å². The first-order chi connectivity index (χ1) is 18.6. The van der Waals surface area contributed by atoms with Crippen LogP contribution in [0.15, 0.2) is 23.1 Å². The second kappa shape index (κ2) is 9.56. The molecule has 3 aromatic rings. The lowest BCUT2D eigenvalue weighted by Crippen LogP contribution is -2.48. The minimum absolute atomic E-state index is 0.0636. The number of halogens is 4. The van der Waals surface area contributed by atoms with Gasteiger partial charge in [-0.05, 0) is 54.8 Å². The van der Waals surface area contributed by atoms with Crippen molar-refractivity contribution in [3.05, 3.63) is 41.1 Å². The molecule has 2 atom stereocenters. The zero-order valence-corrected chi connectivity index (χ0v) is 20.9. The largest absolute Gasteiger partial charge is 0.350 e. The summed E-state index contributed by atoms with van der Waals surface area (Å²) in [5.74, 6) is -7.77. The summed E-state index contributed by atoms with van der Waals surface area (Å²) < 4.78 is 61.8. The first kappa shape index (κ1) is 25.7. The number of amides is 2. The molecule has 0 bridgehead atoms. The van der Waals surface area contributed by atoms with Gasteiger partial charge >= 0.3 is 0 Å². The number of hydrogen-bond acceptors (Lipinski definition) is 7. The van der Waals surface area contributed by atoms with Crippen LogP contribution in [-0.4, -0.2) is 55.1 Å². The van der Waals surface area contributed by atoms with Gasteiger partial charge in [0.05, 0.1) is 30.7 Å². The summed E-state index contributed by atoms with van der Waals surface area (Å²) in [6.45, 7) is -0.671. The molecule has 4 heterocycles. The molecule has 1 saturated heterocycles. The molecule has 208 valence electrons. The van der Waals surface area contributed by atoms with Crippen LogP contribution in [0.4, 0.5) is 17.6 Å². The Morgan fingerprint density at radius 2 is 1.92 bits per heavy atom. The lowest BCUT2D eigenvalue weighted by molar-refractivity contribution is -0.136. The fraction of sp³-hybridized carbons (Fsp3) is 0.600. The van der Waals surface area contributed by atoms with Gasteiger partial charge in [-0.25, -0.2) is 31.7 Å². The molecule has 0 aromatic carbocycles. The number of alkyl halides is 4. The third-order valence-electron chi connectivity index (χ3n) is 7.85. The molecular formula is C25H27F4N7O3. The van der Waals surface area contributed by atoms with E-state index in [0.717, 1.165) is 12.8 Å². The number of fused-ring (bicyclic) bond motifs is 1. The fourth-order valence-corrected chi connectivity index (χ4v) is 5.55. The first-order valence-electron chi connectivity index (χ1n) is 13.1. The second-order valence-electron chi connectivity index (χ2n) is 10.9. The van der Waals surface area contributed by atoms with E-state index < -0.39 is 48.6 Å². The van der Waals surface area contributed by atoms with Crippen LogP contribution in [-0.2, 0) is 11.2 Å². The molecule has 3 aliphatic rings. The average molecular weight is 550 g/mol. The van der Waals surface area contributed by atoms with Crippen molar-refractivity contribution in [1.82, 2.24) is 35.5 Å². The van der Waals surface area contributed by atoms with Gasteiger partial charge in [0.2, 0.25) is 11.8 Å². The Hall–Kier alpha value is -3.58. The van der Waals surface area contributed by atoms with Crippen LogP contribution in [0, 0.1) is 11.8 Å². The van der Waals surface area contributed by atoms with Gasteiger partial charge in [-0.2, -0.15) is 5.10 Å². The normalized spacial score (nSPS) is 23.9. The van der Waals surface area contributed by atoms with E-state index in [4.69, 9.17) is 4.63 Å². The number of carbonyl (C=O) groups is 2. The number of nitrogens with zero attached hydrogens (tertiary/aromatic N) is 5. The molecule has 10 nitrogen and oxygen atoms in total. The van der Waals surface area contributed by atoms with Gasteiger partial charge in [-0.15, -0.1) is 0 Å². The minimum Gasteiger partial charge on any atom is -0.350 e. The van der Waals surface area contributed by atoms with Crippen molar-refractivity contribution in [3.8, 4) is 0 Å². The van der Waals surface area contributed by atoms with E-state index in [2.05, 4.69) is 31.0 Å². The van der Waals surface area contributed by atoms with E-state index in [-0.39, 0.29) is 49.6 Å². The molecule has 2 amide bonds. The van der Waals surface area contributed by atoms with Gasteiger partial charge in [-0.1, -0.05) is 5.16 Å². The van der Waals surface area contributed by atoms with Crippen molar-refractivity contribution in [3.63, 3.8) is 0 Å². The molecule has 2 N–H and O–H groups in total. The predicted octanol–water partition coefficient (Wildman–Crippen LogP) is 3.60. The highest BCUT2D eigenvalue weighted by Crippen LogP contribution is 2.42. The van der Waals surface area contributed by atoms with E-state index >= 15 is 0 Å². The number of imidazole rings is 1. The van der Waals surface area contributed by atoms with Crippen LogP contribution in [0.25, 0.3) is 5.65 Å². The Morgan fingerprint density at radius 1 is 1.15 bits per heavy atom. The molecule has 2 aliphatic carbocycles. The lowest BCUT2D eigenvalue weighted by atomic mass is 9.81. The molecule has 3 aromatic heterocycles. The third-order valence-corrected chi connectivity index (χ3v) is 7.85. The topological polar surface area (TPSA) is 127 Å². The predicted molar refractivity (Wildman–Crippen MR) is 126 cm³/mol. The monoisotopic (exact) mass is 549 g/mol. The SMILES string of the molecule is O=C(N[C@H](c1cn2ncc(C[C@@H]3CC(F)(F)CNC3=O)cc2n1)C1CCC(F)(F)CC1)c1nonc1C1CC1. The molecule has 39 heavy (non-hydrogen) atoms. The van der Waals surface area contributed by atoms with Gasteiger partial charge in [0.25, 0.3) is 11.8 Å². The highest BCUT2D eigenvalue weighted by atomic mass is 19.3. The summed E-state index contributed by atoms with van der Waals surface area (Å²) in [5, 5.41) is 17.1. The van der Waals surface area contributed by atoms with Crippen molar-refractivity contribution in [1.29, 1.82) is 0 Å². The van der Waals surface area contributed by atoms with Crippen LogP contribution >= 0.6 is 0 Å². The lowest BCUT2D eigenvalue weighted by Gasteiger charge is -2.33. The number of piperidine rings is 1. The molecule has 2 saturated carbocycles. The summed E-state index contributed by atoms with van der Waals surface area (Å²) in [6, 6.07) is 0.947. The fourth-order valence-electron chi connectivity index (χ4n) is 5.55. The van der Waals surface area contributed by atoms with Crippen molar-refractivity contribution >= 4 is 17.5 Å². The zero-order valence-electron chi connectivity index (χ0n) is 20.9. The maximum atomic E-state index is 13.9. The molecule has 3 fully saturated rings. The van der Waals surface area contributed by atoms with Crippen LogP contribution < -0.4 is 10.6 Å². The highest BCUT2D eigenvalue weighted by molar-refractivity contribution is 5.93. The number of carbonyl (C=O) groups excluding carboxylic acids is 2. The molecule has 14 heteroatoms. The standard InChI is InChI=1S/C25H27F4N7O3/c26-24(27)5-3-15(4-6-24)19(33-23(38)21-20(14-1-2-14)34-39-35-21)17-11-36-18(32-17)8-13(10-31-36)7-16-9-25(28,29)12-30-22(16)37/h8,10-11,14-16,19H,1-7,9,12H2,(H,30,37)(H,33,38)/t16-,19+/m1/s1. The maximum absolute atomic E-state index is 13.9. The van der Waals surface area contributed by atoms with Crippen LogP contribution in [0.3, 0.4) is 0 Å². The molecular weight excluding hydrogens is 522 g/mol. The molecule has 0 radical (unpaired) electrons.